The topological polar surface area (TPSA) is 653 Å². The van der Waals surface area contributed by atoms with Gasteiger partial charge in [-0.2, -0.15) is 0 Å². The Labute approximate surface area is 580 Å². The maximum absolute atomic E-state index is 11.9. The predicted octanol–water partition coefficient (Wildman–Crippen LogP) is -19.2. The van der Waals surface area contributed by atoms with Crippen LogP contribution in [0.4, 0.5) is 0 Å². The number of rotatable bonds is 11. The molecule has 30 saturated heterocycles. The van der Waals surface area contributed by atoms with Crippen molar-refractivity contribution in [2.75, 3.05) is 52.0 Å². The molecule has 0 spiro atoms. The summed E-state index contributed by atoms with van der Waals surface area (Å²) in [6.07, 6.45) is -82.4. The number of benzene rings is 1. The number of carboxylic acids is 1. The predicted molar refractivity (Wildman–Crippen MR) is 295 cm³/mol. The summed E-state index contributed by atoms with van der Waals surface area (Å²) in [7, 11) is 0. The van der Waals surface area contributed by atoms with Gasteiger partial charge in [0.2, 0.25) is 0 Å². The van der Waals surface area contributed by atoms with Crippen LogP contribution in [-0.4, -0.2) is 421 Å². The number of carbonyl (C=O) groups is 1. The zero-order valence-electron chi connectivity index (χ0n) is 51.6. The molecule has 0 radical (unpaired) electrons. The summed E-state index contributed by atoms with van der Waals surface area (Å²) in [5, 5.41) is 270. The fraction of sp³-hybridized carbons (Fsp3) is 0.873. The Morgan fingerprint density at radius 2 is 0.439 bits per heavy atom. The van der Waals surface area contributed by atoms with Crippen LogP contribution in [0, 0.1) is 0 Å². The first kappa shape index (κ1) is 80.6. The molecule has 40 atom stereocenters. The van der Waals surface area contributed by atoms with E-state index in [9.17, 15) is 127 Å². The number of hydrogen-bond donors (Lipinski definition) is 23. The molecule has 0 amide bonds. The minimum Gasteiger partial charge on any atom is -0.545 e. The summed E-state index contributed by atoms with van der Waals surface area (Å²) in [4.78, 5) is 11.9. The first-order valence-corrected chi connectivity index (χ1v) is 31.8. The van der Waals surface area contributed by atoms with Crippen molar-refractivity contribution in [1.29, 1.82) is 0 Å². The molecule has 1 aromatic carbocycles. The smallest absolute Gasteiger partial charge is 0.545 e. The van der Waals surface area contributed by atoms with Crippen LogP contribution in [0.25, 0.3) is 0 Å². The average molecular weight is 1460 g/mol. The minimum absolute atomic E-state index is 0. The van der Waals surface area contributed by atoms with Crippen LogP contribution >= 0.6 is 11.8 Å². The molecular formula is C55H83NaO41S. The molecule has 41 nitrogen and oxygen atoms in total. The molecule has 0 unspecified atom stereocenters. The number of thioether (sulfide) groups is 1. The molecule has 43 heteroatoms. The number of aliphatic hydroxyl groups excluding tert-OH is 23. The largest absolute Gasteiger partial charge is 1.00 e. The van der Waals surface area contributed by atoms with Crippen molar-refractivity contribution >= 4 is 17.7 Å². The van der Waals surface area contributed by atoms with E-state index < -0.39 is 298 Å². The van der Waals surface area contributed by atoms with Gasteiger partial charge >= 0.3 is 29.6 Å². The van der Waals surface area contributed by atoms with Gasteiger partial charge in [-0.15, -0.1) is 11.8 Å². The second-order valence-corrected chi connectivity index (χ2v) is 25.5. The maximum atomic E-state index is 11.9. The molecule has 1 aromatic rings. The van der Waals surface area contributed by atoms with E-state index in [0.29, 0.717) is 4.90 Å². The Morgan fingerprint density at radius 3 is 0.602 bits per heavy atom. The molecule has 30 aliphatic heterocycles. The fourth-order valence-electron chi connectivity index (χ4n) is 12.8. The van der Waals surface area contributed by atoms with Crippen molar-refractivity contribution in [2.24, 2.45) is 0 Å². The van der Waals surface area contributed by atoms with E-state index in [1.54, 1.807) is 0 Å². The number of carbonyl (C=O) groups excluding carboxylic acids is 1. The van der Waals surface area contributed by atoms with Crippen LogP contribution in [0.15, 0.2) is 29.2 Å². The Morgan fingerprint density at radius 1 is 0.276 bits per heavy atom. The molecule has 30 aliphatic rings. The summed E-state index contributed by atoms with van der Waals surface area (Å²) in [5.41, 5.74) is -0.210. The van der Waals surface area contributed by atoms with Gasteiger partial charge in [0.05, 0.1) is 58.3 Å². The number of hydrogen-bond acceptors (Lipinski definition) is 42. The second kappa shape index (κ2) is 34.8. The van der Waals surface area contributed by atoms with Crippen LogP contribution in [0.5, 0.6) is 0 Å². The van der Waals surface area contributed by atoms with Crippen molar-refractivity contribution < 1.29 is 233 Å². The fourth-order valence-corrected chi connectivity index (χ4v) is 13.7. The molecular weight excluding hydrogens is 1370 g/mol. The Bertz CT molecular complexity index is 2620. The Kier molecular flexibility index (Phi) is 28.6. The van der Waals surface area contributed by atoms with Crippen molar-refractivity contribution in [3.63, 3.8) is 0 Å². The normalized spacial score (nSPS) is 50.7. The quantitative estimate of drug-likeness (QED) is 0.0723. The zero-order chi connectivity index (χ0) is 70.3. The molecule has 30 heterocycles. The summed E-state index contributed by atoms with van der Waals surface area (Å²) in [5.74, 6) is -1.85. The van der Waals surface area contributed by atoms with E-state index in [1.165, 1.54) is 24.3 Å². The number of ether oxygens (including phenoxy) is 16. The summed E-state index contributed by atoms with van der Waals surface area (Å²) >= 11 is 0.926. The van der Waals surface area contributed by atoms with E-state index in [0.717, 1.165) is 11.8 Å². The number of aromatic carboxylic acids is 1. The first-order chi connectivity index (χ1) is 46.2. The Hall–Kier alpha value is -1.52. The van der Waals surface area contributed by atoms with Gasteiger partial charge in [-0.25, -0.2) is 0 Å². The van der Waals surface area contributed by atoms with Gasteiger partial charge in [-0.05, 0) is 17.7 Å². The minimum atomic E-state index is -2.27. The third-order valence-electron chi connectivity index (χ3n) is 18.2. The first-order valence-electron chi connectivity index (χ1n) is 30.8. The van der Waals surface area contributed by atoms with E-state index in [4.69, 9.17) is 75.8 Å². The van der Waals surface area contributed by atoms with Crippen molar-refractivity contribution in [3.05, 3.63) is 29.8 Å². The number of aliphatic hydroxyl groups is 23. The van der Waals surface area contributed by atoms with E-state index >= 15 is 0 Å². The van der Waals surface area contributed by atoms with Crippen molar-refractivity contribution in [3.8, 4) is 0 Å². The van der Waals surface area contributed by atoms with Gasteiger partial charge in [-0.1, -0.05) is 12.1 Å². The third-order valence-corrected chi connectivity index (χ3v) is 19.3. The van der Waals surface area contributed by atoms with Gasteiger partial charge in [0.15, 0.2) is 50.3 Å². The zero-order valence-corrected chi connectivity index (χ0v) is 54.4. The second-order valence-electron chi connectivity index (χ2n) is 24.4. The van der Waals surface area contributed by atoms with Crippen molar-refractivity contribution in [2.45, 2.75) is 251 Å². The molecule has 31 rings (SSSR count). The summed E-state index contributed by atoms with van der Waals surface area (Å²) in [6.45, 7) is -7.65. The standard InChI is InChI=1S/C55H84O41S.Na/c56-5-15-39-23(63)31(71)48(81-15)90-40-16(6-57)83-50(33(73)25(40)65)92-42-18(8-59)85-52(35(75)27(42)67)94-44-20(10-61)87-54(37(77)29(44)69)96-46-22(12-97-14-3-1-13(2-4-14)47(79)80)88-55(38(78)30(46)70)95-45-21(11-62)86-53(36(76)28(45)68)93-43-19(9-60)84-51(34(74)26(43)66)91-41-17(7-58)82-49(89-39)32(72)24(41)64;/h1-4,15-46,48-78H,5-12H2,(H,79,80);/q;+1/p-1/t15-,16-,17+,18-,19+,20-,21+,22-,23-,24-,25-,26-,27-,28-,29-,30-,31-,32-,33+,34-,35-,36-,37+,38-,39-,40-,41-,42-,43-,44-,45-,46-,48-,49-,50-,51-,52-,53-,54-,55-;/m1./s1. The SMILES string of the molecule is O=C([O-])c1ccc(SC[C@H]2O[C@@H]3O[C@H]4[C@H](O)[C@@H](O)[C@@H](O[C@H]5[C@H](O)[C@@H](O)[C@@H](O[C@H]6[C@H](O)[C@@H](O)[C@@H](O[C@H]7[C@H](O)[C@@H](O)[C@@H](O[C@H]8[C@H](O)[C@H](O)[C@@H](O[C@H]9[C@H](O)[C@@H](O)[C@@H](O[C@H]%10[C@H](O)[C@H](O)[C@@H](O[C@H]2[C@H](O)[C@H]3O)O[C@@H]%10CO)O[C@@H]9CO)O[C@@H]8CO)O[C@@H]7CO)O[C@H]6CO)O[C@H]5CO)O[C@H]4CO)cc1.[Na+]. The molecule has 0 aliphatic carbocycles. The van der Waals surface area contributed by atoms with Gasteiger partial charge in [-0.3, -0.25) is 0 Å². The van der Waals surface area contributed by atoms with Gasteiger partial charge < -0.3 is 203 Å². The molecule has 23 N–H and O–H groups in total. The van der Waals surface area contributed by atoms with Crippen LogP contribution in [0.1, 0.15) is 10.4 Å². The summed E-state index contributed by atoms with van der Waals surface area (Å²) in [6, 6.07) is 5.12. The van der Waals surface area contributed by atoms with Crippen LogP contribution in [-0.2, 0) is 75.8 Å². The monoisotopic (exact) mass is 1450 g/mol. The van der Waals surface area contributed by atoms with Gasteiger partial charge in [0, 0.05) is 10.6 Å². The van der Waals surface area contributed by atoms with Crippen LogP contribution < -0.4 is 34.7 Å². The van der Waals surface area contributed by atoms with Gasteiger partial charge in [0.1, 0.15) is 189 Å². The third kappa shape index (κ3) is 16.5. The van der Waals surface area contributed by atoms with Crippen LogP contribution in [0.2, 0.25) is 0 Å². The molecule has 0 saturated carbocycles. The van der Waals surface area contributed by atoms with Crippen molar-refractivity contribution in [1.82, 2.24) is 0 Å². The Balaban J connectivity index is 0.0000112. The van der Waals surface area contributed by atoms with E-state index in [2.05, 4.69) is 0 Å². The molecule has 0 aromatic heterocycles. The number of carboxylic acid groups (broad SMARTS) is 1. The van der Waals surface area contributed by atoms with E-state index in [1.807, 2.05) is 0 Å². The summed E-state index contributed by atoms with van der Waals surface area (Å²) < 4.78 is 92.8. The van der Waals surface area contributed by atoms with Crippen LogP contribution in [0.3, 0.4) is 0 Å². The maximum Gasteiger partial charge on any atom is 1.00 e. The molecule has 30 fully saturated rings. The molecule has 98 heavy (non-hydrogen) atoms. The molecule has 556 valence electrons. The average Bonchev–Trinajstić information content (AvgIpc) is 0.777. The van der Waals surface area contributed by atoms with E-state index in [-0.39, 0.29) is 40.9 Å². The van der Waals surface area contributed by atoms with Gasteiger partial charge in [0.25, 0.3) is 0 Å². The molecule has 16 bridgehead atoms.